The Hall–Kier alpha value is -3.47. The average Bonchev–Trinajstić information content (AvgIpc) is 2.67. The molecule has 2 N–H and O–H groups in total. The van der Waals surface area contributed by atoms with Crippen molar-refractivity contribution in [1.29, 1.82) is 0 Å². The first-order valence-electron chi connectivity index (χ1n) is 9.30. The second-order valence-corrected chi connectivity index (χ2v) is 7.07. The SMILES string of the molecule is Cc1cccc([C@H](C)Nc2nc(C)nc3ccc(-c4cc[nH]c(=O)c4)cc23)c1. The van der Waals surface area contributed by atoms with E-state index in [1.165, 1.54) is 11.1 Å². The van der Waals surface area contributed by atoms with Crippen LogP contribution < -0.4 is 10.9 Å². The number of aryl methyl sites for hydroxylation is 2. The summed E-state index contributed by atoms with van der Waals surface area (Å²) < 4.78 is 0. The van der Waals surface area contributed by atoms with E-state index in [1.807, 2.05) is 31.2 Å². The van der Waals surface area contributed by atoms with E-state index in [9.17, 15) is 4.79 Å². The van der Waals surface area contributed by atoms with E-state index in [2.05, 4.69) is 58.4 Å². The van der Waals surface area contributed by atoms with Gasteiger partial charge in [-0.15, -0.1) is 0 Å². The normalized spacial score (nSPS) is 12.1. The Morgan fingerprint density at radius 3 is 2.57 bits per heavy atom. The van der Waals surface area contributed by atoms with E-state index < -0.39 is 0 Å². The van der Waals surface area contributed by atoms with E-state index in [0.29, 0.717) is 0 Å². The number of hydrogen-bond acceptors (Lipinski definition) is 4. The Morgan fingerprint density at radius 1 is 0.964 bits per heavy atom. The molecule has 0 radical (unpaired) electrons. The molecule has 0 aliphatic rings. The highest BCUT2D eigenvalue weighted by molar-refractivity contribution is 5.92. The Balaban J connectivity index is 1.78. The van der Waals surface area contributed by atoms with E-state index in [0.717, 1.165) is 33.7 Å². The second-order valence-electron chi connectivity index (χ2n) is 7.07. The molecule has 2 aromatic heterocycles. The van der Waals surface area contributed by atoms with Crippen LogP contribution in [0.3, 0.4) is 0 Å². The first kappa shape index (κ1) is 17.9. The lowest BCUT2D eigenvalue weighted by molar-refractivity contribution is 0.870. The summed E-state index contributed by atoms with van der Waals surface area (Å²) in [7, 11) is 0. The van der Waals surface area contributed by atoms with Crippen LogP contribution in [0.1, 0.15) is 29.9 Å². The fourth-order valence-corrected chi connectivity index (χ4v) is 3.39. The van der Waals surface area contributed by atoms with Crippen LogP contribution in [0.4, 0.5) is 5.82 Å². The molecule has 5 nitrogen and oxygen atoms in total. The van der Waals surface area contributed by atoms with Crippen molar-refractivity contribution in [2.75, 3.05) is 5.32 Å². The number of pyridine rings is 1. The summed E-state index contributed by atoms with van der Waals surface area (Å²) in [4.78, 5) is 23.5. The van der Waals surface area contributed by atoms with Crippen LogP contribution in [-0.2, 0) is 0 Å². The number of aromatic amines is 1. The maximum atomic E-state index is 11.7. The molecule has 0 fully saturated rings. The number of fused-ring (bicyclic) bond motifs is 1. The summed E-state index contributed by atoms with van der Waals surface area (Å²) >= 11 is 0. The third-order valence-corrected chi connectivity index (χ3v) is 4.81. The Morgan fingerprint density at radius 2 is 1.79 bits per heavy atom. The molecule has 1 atom stereocenters. The Labute approximate surface area is 163 Å². The first-order valence-corrected chi connectivity index (χ1v) is 9.30. The van der Waals surface area contributed by atoms with Gasteiger partial charge < -0.3 is 10.3 Å². The fourth-order valence-electron chi connectivity index (χ4n) is 3.39. The van der Waals surface area contributed by atoms with E-state index in [-0.39, 0.29) is 11.6 Å². The molecule has 4 aromatic rings. The highest BCUT2D eigenvalue weighted by Crippen LogP contribution is 2.29. The molecule has 0 saturated carbocycles. The smallest absolute Gasteiger partial charge is 0.248 e. The number of rotatable bonds is 4. The maximum Gasteiger partial charge on any atom is 0.248 e. The molecule has 2 aromatic carbocycles. The molecule has 2 heterocycles. The van der Waals surface area contributed by atoms with Crippen molar-refractivity contribution in [2.24, 2.45) is 0 Å². The van der Waals surface area contributed by atoms with Gasteiger partial charge in [0.15, 0.2) is 0 Å². The number of nitrogens with one attached hydrogen (secondary N) is 2. The van der Waals surface area contributed by atoms with Gasteiger partial charge in [-0.2, -0.15) is 0 Å². The van der Waals surface area contributed by atoms with Crippen molar-refractivity contribution in [3.8, 4) is 11.1 Å². The maximum absolute atomic E-state index is 11.7. The van der Waals surface area contributed by atoms with Crippen LogP contribution in [0.15, 0.2) is 65.6 Å². The van der Waals surface area contributed by atoms with Crippen molar-refractivity contribution in [3.63, 3.8) is 0 Å². The Bertz CT molecular complexity index is 1210. The lowest BCUT2D eigenvalue weighted by atomic mass is 10.0. The quantitative estimate of drug-likeness (QED) is 0.543. The number of benzene rings is 2. The summed E-state index contributed by atoms with van der Waals surface area (Å²) in [6, 6.07) is 18.0. The van der Waals surface area contributed by atoms with Crippen molar-refractivity contribution in [3.05, 3.63) is 88.1 Å². The topological polar surface area (TPSA) is 70.7 Å². The standard InChI is InChI=1S/C23H22N4O/c1-14-5-4-6-17(11-14)15(2)25-23-20-12-18(19-9-10-24-22(28)13-19)7-8-21(20)26-16(3)27-23/h4-13,15H,1-3H3,(H,24,28)(H,25,26,27)/t15-/m0/s1. The van der Waals surface area contributed by atoms with E-state index >= 15 is 0 Å². The lowest BCUT2D eigenvalue weighted by Gasteiger charge is -2.17. The minimum atomic E-state index is -0.121. The van der Waals surface area contributed by atoms with Crippen LogP contribution >= 0.6 is 0 Å². The molecule has 0 aliphatic carbocycles. The summed E-state index contributed by atoms with van der Waals surface area (Å²) in [5.74, 6) is 1.51. The minimum absolute atomic E-state index is 0.0978. The molecule has 0 amide bonds. The zero-order chi connectivity index (χ0) is 19.7. The molecule has 0 saturated heterocycles. The summed E-state index contributed by atoms with van der Waals surface area (Å²) in [5.41, 5.74) is 5.01. The number of nitrogens with zero attached hydrogens (tertiary/aromatic N) is 2. The van der Waals surface area contributed by atoms with Gasteiger partial charge in [0.1, 0.15) is 11.6 Å². The monoisotopic (exact) mass is 370 g/mol. The lowest BCUT2D eigenvalue weighted by Crippen LogP contribution is -2.10. The predicted molar refractivity (Wildman–Crippen MR) is 114 cm³/mol. The third-order valence-electron chi connectivity index (χ3n) is 4.81. The van der Waals surface area contributed by atoms with Gasteiger partial charge in [-0.3, -0.25) is 4.79 Å². The number of aromatic nitrogens is 3. The van der Waals surface area contributed by atoms with Gasteiger partial charge in [0, 0.05) is 23.7 Å². The highest BCUT2D eigenvalue weighted by Gasteiger charge is 2.12. The second kappa shape index (κ2) is 7.27. The van der Waals surface area contributed by atoms with Gasteiger partial charge >= 0.3 is 0 Å². The highest BCUT2D eigenvalue weighted by atomic mass is 16.1. The molecule has 140 valence electrons. The van der Waals surface area contributed by atoms with E-state index in [4.69, 9.17) is 0 Å². The van der Waals surface area contributed by atoms with Gasteiger partial charge in [-0.05, 0) is 55.7 Å². The van der Waals surface area contributed by atoms with Crippen LogP contribution in [0.5, 0.6) is 0 Å². The molecular formula is C23H22N4O. The van der Waals surface area contributed by atoms with Crippen LogP contribution in [0, 0.1) is 13.8 Å². The number of hydrogen-bond donors (Lipinski definition) is 2. The van der Waals surface area contributed by atoms with Crippen molar-refractivity contribution >= 4 is 16.7 Å². The minimum Gasteiger partial charge on any atom is -0.363 e. The molecule has 5 heteroatoms. The summed E-state index contributed by atoms with van der Waals surface area (Å²) in [6.45, 7) is 6.11. The third kappa shape index (κ3) is 3.64. The van der Waals surface area contributed by atoms with Gasteiger partial charge in [-0.1, -0.05) is 35.9 Å². The molecule has 0 aliphatic heterocycles. The average molecular weight is 370 g/mol. The first-order chi connectivity index (χ1) is 13.5. The van der Waals surface area contributed by atoms with Gasteiger partial charge in [0.25, 0.3) is 0 Å². The molecule has 0 spiro atoms. The molecule has 28 heavy (non-hydrogen) atoms. The van der Waals surface area contributed by atoms with Crippen molar-refractivity contribution in [2.45, 2.75) is 26.8 Å². The van der Waals surface area contributed by atoms with E-state index in [1.54, 1.807) is 12.3 Å². The van der Waals surface area contributed by atoms with Crippen LogP contribution in [0.2, 0.25) is 0 Å². The summed E-state index contributed by atoms with van der Waals surface area (Å²) in [6.07, 6.45) is 1.66. The summed E-state index contributed by atoms with van der Waals surface area (Å²) in [5, 5.41) is 4.47. The fraction of sp³-hybridized carbons (Fsp3) is 0.174. The van der Waals surface area contributed by atoms with Crippen LogP contribution in [-0.4, -0.2) is 15.0 Å². The molecule has 4 rings (SSSR count). The Kier molecular flexibility index (Phi) is 4.65. The van der Waals surface area contributed by atoms with Crippen molar-refractivity contribution in [1.82, 2.24) is 15.0 Å². The zero-order valence-electron chi connectivity index (χ0n) is 16.2. The van der Waals surface area contributed by atoms with Gasteiger partial charge in [0.2, 0.25) is 5.56 Å². The van der Waals surface area contributed by atoms with Gasteiger partial charge in [-0.25, -0.2) is 9.97 Å². The van der Waals surface area contributed by atoms with Gasteiger partial charge in [0.05, 0.1) is 5.52 Å². The largest absolute Gasteiger partial charge is 0.363 e. The number of H-pyrrole nitrogens is 1. The predicted octanol–water partition coefficient (Wildman–Crippen LogP) is 4.78. The molecule has 0 bridgehead atoms. The number of anilines is 1. The molecular weight excluding hydrogens is 348 g/mol. The molecule has 0 unspecified atom stereocenters. The van der Waals surface area contributed by atoms with Crippen molar-refractivity contribution < 1.29 is 0 Å². The zero-order valence-corrected chi connectivity index (χ0v) is 16.2. The van der Waals surface area contributed by atoms with Crippen LogP contribution in [0.25, 0.3) is 22.0 Å².